The molecule has 206 valence electrons. The Balaban J connectivity index is 1.47. The minimum absolute atomic E-state index is 0.0206. The molecule has 5 rings (SSSR count). The molecular weight excluding hydrogens is 561 g/mol. The van der Waals surface area contributed by atoms with Crippen LogP contribution in [0, 0.1) is 5.92 Å². The molecule has 0 aliphatic heterocycles. The summed E-state index contributed by atoms with van der Waals surface area (Å²) in [7, 11) is 0.465. The molecule has 1 fully saturated rings. The fourth-order valence-electron chi connectivity index (χ4n) is 5.49. The van der Waals surface area contributed by atoms with E-state index in [9.17, 15) is 9.59 Å². The van der Waals surface area contributed by atoms with Crippen LogP contribution in [0.15, 0.2) is 85.2 Å². The van der Waals surface area contributed by atoms with Gasteiger partial charge in [0.2, 0.25) is 5.91 Å². The van der Waals surface area contributed by atoms with E-state index in [1.54, 1.807) is 12.3 Å². The summed E-state index contributed by atoms with van der Waals surface area (Å²) >= 11 is 8.24. The Morgan fingerprint density at radius 2 is 2.05 bits per heavy atom. The molecule has 1 aromatic carbocycles. The summed E-state index contributed by atoms with van der Waals surface area (Å²) in [5.74, 6) is -0.0207. The lowest BCUT2D eigenvalue weighted by Gasteiger charge is -2.42. The molecule has 0 spiro atoms. The van der Waals surface area contributed by atoms with Crippen molar-refractivity contribution in [1.29, 1.82) is 0 Å². The number of allylic oxidation sites excluding steroid dienone is 4. The molecule has 6 nitrogen and oxygen atoms in total. The quantitative estimate of drug-likeness (QED) is 0.151. The van der Waals surface area contributed by atoms with Gasteiger partial charge in [-0.05, 0) is 48.8 Å². The first-order valence-electron chi connectivity index (χ1n) is 13.2. The van der Waals surface area contributed by atoms with Gasteiger partial charge in [-0.1, -0.05) is 66.7 Å². The number of carbonyl (C=O) groups excluding carboxylic acids is 2. The smallest absolute Gasteiger partial charge is 0.266 e. The van der Waals surface area contributed by atoms with Crippen LogP contribution in [0.25, 0.3) is 10.1 Å². The number of carbonyl (C=O) groups is 2. The zero-order chi connectivity index (χ0) is 28.1. The highest BCUT2D eigenvalue weighted by atomic mass is 35.5. The van der Waals surface area contributed by atoms with E-state index < -0.39 is 0 Å². The summed E-state index contributed by atoms with van der Waals surface area (Å²) in [6.45, 7) is 4.34. The van der Waals surface area contributed by atoms with Crippen molar-refractivity contribution in [1.82, 2.24) is 15.2 Å². The molecular formula is C31H31ClN3O3PS. The molecule has 0 saturated heterocycles. The number of benzene rings is 1. The van der Waals surface area contributed by atoms with E-state index in [-0.39, 0.29) is 42.3 Å². The zero-order valence-electron chi connectivity index (χ0n) is 22.0. The van der Waals surface area contributed by atoms with E-state index >= 15 is 0 Å². The number of rotatable bonds is 11. The monoisotopic (exact) mass is 591 g/mol. The number of hydrogen-bond acceptors (Lipinski definition) is 5. The Hall–Kier alpha value is -3.09. The third kappa shape index (κ3) is 6.45. The number of fused-ring (bicyclic) bond motifs is 1. The third-order valence-corrected chi connectivity index (χ3v) is 9.47. The van der Waals surface area contributed by atoms with Crippen LogP contribution in [0.5, 0.6) is 0 Å². The molecule has 1 N–H and O–H groups in total. The van der Waals surface area contributed by atoms with Gasteiger partial charge in [0, 0.05) is 61.4 Å². The number of hydrogen-bond donors (Lipinski definition) is 1. The number of aromatic nitrogens is 1. The van der Waals surface area contributed by atoms with E-state index in [1.807, 2.05) is 53.6 Å². The summed E-state index contributed by atoms with van der Waals surface area (Å²) in [6.07, 6.45) is 17.4. The first-order chi connectivity index (χ1) is 19.5. The van der Waals surface area contributed by atoms with Gasteiger partial charge in [0.15, 0.2) is 0 Å². The van der Waals surface area contributed by atoms with Crippen LogP contribution in [0.1, 0.15) is 40.4 Å². The van der Waals surface area contributed by atoms with Crippen molar-refractivity contribution in [2.75, 3.05) is 13.2 Å². The van der Waals surface area contributed by atoms with Crippen LogP contribution >= 0.6 is 31.4 Å². The summed E-state index contributed by atoms with van der Waals surface area (Å²) in [4.78, 5) is 33.8. The Labute approximate surface area is 245 Å². The Bertz CT molecular complexity index is 1460. The van der Waals surface area contributed by atoms with Gasteiger partial charge in [0.05, 0.1) is 5.02 Å². The van der Waals surface area contributed by atoms with Gasteiger partial charge >= 0.3 is 0 Å². The second-order valence-corrected chi connectivity index (χ2v) is 11.9. The predicted octanol–water partition coefficient (Wildman–Crippen LogP) is 6.82. The minimum Gasteiger partial charge on any atom is -0.351 e. The van der Waals surface area contributed by atoms with Gasteiger partial charge in [-0.2, -0.15) is 0 Å². The molecule has 2 aromatic heterocycles. The molecule has 0 radical (unpaired) electrons. The van der Waals surface area contributed by atoms with Gasteiger partial charge in [-0.15, -0.1) is 11.3 Å². The van der Waals surface area contributed by atoms with Crippen molar-refractivity contribution in [3.05, 3.63) is 101 Å². The number of halogens is 1. The second kappa shape index (κ2) is 13.0. The topological polar surface area (TPSA) is 71.5 Å². The van der Waals surface area contributed by atoms with Gasteiger partial charge in [0.25, 0.3) is 5.91 Å². The number of nitrogens with zero attached hydrogens (tertiary/aromatic N) is 2. The van der Waals surface area contributed by atoms with Crippen molar-refractivity contribution in [3.63, 3.8) is 0 Å². The largest absolute Gasteiger partial charge is 0.351 e. The Morgan fingerprint density at radius 3 is 2.75 bits per heavy atom. The lowest BCUT2D eigenvalue weighted by atomic mass is 9.77. The average Bonchev–Trinajstić information content (AvgIpc) is 3.78. The number of pyridine rings is 1. The lowest BCUT2D eigenvalue weighted by molar-refractivity contribution is -0.124. The van der Waals surface area contributed by atoms with Crippen LogP contribution in [-0.2, 0) is 9.32 Å². The average molecular weight is 592 g/mol. The molecule has 1 saturated carbocycles. The normalized spacial score (nSPS) is 20.9. The molecule has 2 aliphatic rings. The van der Waals surface area contributed by atoms with E-state index in [0.29, 0.717) is 37.7 Å². The van der Waals surface area contributed by atoms with Gasteiger partial charge in [-0.3, -0.25) is 14.6 Å². The van der Waals surface area contributed by atoms with E-state index in [1.165, 1.54) is 11.3 Å². The Kier molecular flexibility index (Phi) is 9.28. The SMILES string of the molecule is C=C/C=C(/CN(C(=O)c1sc2ccccc2c1Cl)[C@@H]1CCC(NC(=O)COP=C)C(c2cccnc2)C1)C1C=C1. The number of nitrogens with one attached hydrogen (secondary N) is 1. The fraction of sp³-hybridized carbons (Fsp3) is 0.290. The van der Waals surface area contributed by atoms with Crippen LogP contribution in [-0.4, -0.2) is 53.2 Å². The highest BCUT2D eigenvalue weighted by Crippen LogP contribution is 2.40. The zero-order valence-corrected chi connectivity index (χ0v) is 24.5. The van der Waals surface area contributed by atoms with Gasteiger partial charge < -0.3 is 14.7 Å². The maximum Gasteiger partial charge on any atom is 0.266 e. The summed E-state index contributed by atoms with van der Waals surface area (Å²) < 4.78 is 6.19. The van der Waals surface area contributed by atoms with Crippen LogP contribution < -0.4 is 5.32 Å². The molecule has 3 aromatic rings. The molecule has 2 amide bonds. The summed E-state index contributed by atoms with van der Waals surface area (Å²) in [6, 6.07) is 11.6. The minimum atomic E-state index is -0.172. The molecule has 9 heteroatoms. The van der Waals surface area contributed by atoms with Crippen molar-refractivity contribution < 1.29 is 14.1 Å². The van der Waals surface area contributed by atoms with E-state index in [0.717, 1.165) is 27.6 Å². The summed E-state index contributed by atoms with van der Waals surface area (Å²) in [5.41, 5.74) is 2.16. The van der Waals surface area contributed by atoms with Crippen molar-refractivity contribution in [3.8, 4) is 0 Å². The van der Waals surface area contributed by atoms with Crippen LogP contribution in [0.4, 0.5) is 0 Å². The van der Waals surface area contributed by atoms with E-state index in [4.69, 9.17) is 16.1 Å². The van der Waals surface area contributed by atoms with Crippen LogP contribution in [0.3, 0.4) is 0 Å². The third-order valence-electron chi connectivity index (χ3n) is 7.50. The molecule has 2 aliphatic carbocycles. The van der Waals surface area contributed by atoms with E-state index in [2.05, 4.69) is 35.3 Å². The Morgan fingerprint density at radius 1 is 1.23 bits per heavy atom. The fourth-order valence-corrected chi connectivity index (χ4v) is 7.17. The van der Waals surface area contributed by atoms with Gasteiger partial charge in [0.1, 0.15) is 11.5 Å². The second-order valence-electron chi connectivity index (χ2n) is 10.00. The molecule has 0 bridgehead atoms. The summed E-state index contributed by atoms with van der Waals surface area (Å²) in [5, 5.41) is 4.56. The number of amides is 2. The predicted molar refractivity (Wildman–Crippen MR) is 165 cm³/mol. The van der Waals surface area contributed by atoms with Crippen molar-refractivity contribution >= 4 is 59.6 Å². The molecule has 40 heavy (non-hydrogen) atoms. The first kappa shape index (κ1) is 28.4. The maximum absolute atomic E-state index is 14.3. The van der Waals surface area contributed by atoms with Crippen LogP contribution in [0.2, 0.25) is 5.02 Å². The highest BCUT2D eigenvalue weighted by Gasteiger charge is 2.38. The van der Waals surface area contributed by atoms with Crippen molar-refractivity contribution in [2.45, 2.75) is 37.3 Å². The first-order valence-corrected chi connectivity index (χ1v) is 15.4. The highest BCUT2D eigenvalue weighted by molar-refractivity contribution is 7.31. The molecule has 3 atom stereocenters. The molecule has 2 unspecified atom stereocenters. The number of thiophene rings is 1. The standard InChI is InChI=1S/C31H31ClN3O3PS/c1-3-7-22(20-11-12-20)18-35(31(37)30-29(32)24-9-4-5-10-27(24)40-30)23-13-14-26(34-28(36)19-38-39-2)25(16-23)21-8-6-15-33-17-21/h3-12,15,17,20,23,25-26H,1-2,13-14,16,18-19H2,(H,34,36)/b22-7-/t23-,25?,26?/m1/s1. The lowest BCUT2D eigenvalue weighted by Crippen LogP contribution is -2.50. The van der Waals surface area contributed by atoms with Crippen molar-refractivity contribution in [2.24, 2.45) is 5.92 Å². The van der Waals surface area contributed by atoms with Gasteiger partial charge in [-0.25, -0.2) is 0 Å². The maximum atomic E-state index is 14.3. The molecule has 2 heterocycles.